The highest BCUT2D eigenvalue weighted by Gasteiger charge is 2.18. The van der Waals surface area contributed by atoms with Gasteiger partial charge in [-0.25, -0.2) is 0 Å². The van der Waals surface area contributed by atoms with E-state index in [1.54, 1.807) is 6.07 Å². The van der Waals surface area contributed by atoms with Gasteiger partial charge in [-0.05, 0) is 12.5 Å². The summed E-state index contributed by atoms with van der Waals surface area (Å²) in [6, 6.07) is 5.96. The number of carboxylic acid groups (broad SMARTS) is 1. The summed E-state index contributed by atoms with van der Waals surface area (Å²) in [5.74, 6) is -1.63. The molecule has 1 amide bonds. The zero-order valence-electron chi connectivity index (χ0n) is 11.6. The summed E-state index contributed by atoms with van der Waals surface area (Å²) in [6.07, 6.45) is 0.421. The van der Waals surface area contributed by atoms with Gasteiger partial charge in [-0.3, -0.25) is 9.59 Å². The normalized spacial score (nSPS) is 10.5. The number of para-hydroxylation sites is 1. The Morgan fingerprint density at radius 1 is 1.33 bits per heavy atom. The number of carbonyl (C=O) groups is 2. The maximum Gasteiger partial charge on any atom is 0.387 e. The summed E-state index contributed by atoms with van der Waals surface area (Å²) in [7, 11) is 0. The van der Waals surface area contributed by atoms with E-state index in [4.69, 9.17) is 5.11 Å². The van der Waals surface area contributed by atoms with Crippen molar-refractivity contribution in [1.82, 2.24) is 4.90 Å². The van der Waals surface area contributed by atoms with Crippen molar-refractivity contribution in [3.63, 3.8) is 0 Å². The van der Waals surface area contributed by atoms with Crippen LogP contribution in [0.2, 0.25) is 0 Å². The minimum atomic E-state index is -2.98. The first-order valence-corrected chi connectivity index (χ1v) is 6.46. The first kappa shape index (κ1) is 16.9. The quantitative estimate of drug-likeness (QED) is 0.799. The van der Waals surface area contributed by atoms with Crippen molar-refractivity contribution in [3.8, 4) is 5.75 Å². The standard InChI is InChI=1S/C14H17F2NO4/c1-2-7-17(9-13(19)20)12(18)8-10-5-3-4-6-11(10)21-14(15)16/h3-6,14H,2,7-9H2,1H3,(H,19,20). The van der Waals surface area contributed by atoms with Crippen LogP contribution in [-0.4, -0.2) is 41.6 Å². The van der Waals surface area contributed by atoms with E-state index in [1.165, 1.54) is 23.1 Å². The molecular weight excluding hydrogens is 284 g/mol. The highest BCUT2D eigenvalue weighted by molar-refractivity contribution is 5.83. The lowest BCUT2D eigenvalue weighted by atomic mass is 10.1. The summed E-state index contributed by atoms with van der Waals surface area (Å²) in [5.41, 5.74) is 0.300. The predicted molar refractivity (Wildman–Crippen MR) is 71.3 cm³/mol. The lowest BCUT2D eigenvalue weighted by Crippen LogP contribution is -2.37. The number of benzene rings is 1. The molecule has 116 valence electrons. The molecule has 21 heavy (non-hydrogen) atoms. The van der Waals surface area contributed by atoms with Gasteiger partial charge in [-0.2, -0.15) is 8.78 Å². The van der Waals surface area contributed by atoms with Crippen molar-refractivity contribution in [3.05, 3.63) is 29.8 Å². The van der Waals surface area contributed by atoms with Gasteiger partial charge in [0.1, 0.15) is 12.3 Å². The summed E-state index contributed by atoms with van der Waals surface area (Å²) >= 11 is 0. The Balaban J connectivity index is 2.82. The van der Waals surface area contributed by atoms with E-state index >= 15 is 0 Å². The molecule has 5 nitrogen and oxygen atoms in total. The van der Waals surface area contributed by atoms with Crippen LogP contribution in [-0.2, 0) is 16.0 Å². The molecule has 0 aromatic heterocycles. The second-order valence-corrected chi connectivity index (χ2v) is 4.37. The number of carbonyl (C=O) groups excluding carboxylic acids is 1. The van der Waals surface area contributed by atoms with Crippen LogP contribution in [0.5, 0.6) is 5.75 Å². The van der Waals surface area contributed by atoms with Gasteiger partial charge in [0.05, 0.1) is 6.42 Å². The Morgan fingerprint density at radius 2 is 2.00 bits per heavy atom. The van der Waals surface area contributed by atoms with Crippen LogP contribution in [0, 0.1) is 0 Å². The molecule has 0 atom stereocenters. The zero-order valence-corrected chi connectivity index (χ0v) is 11.6. The van der Waals surface area contributed by atoms with Crippen LogP contribution < -0.4 is 4.74 Å². The molecule has 0 heterocycles. The monoisotopic (exact) mass is 301 g/mol. The van der Waals surface area contributed by atoms with E-state index in [9.17, 15) is 18.4 Å². The summed E-state index contributed by atoms with van der Waals surface area (Å²) in [6.45, 7) is -1.28. The molecule has 0 aliphatic heterocycles. The Morgan fingerprint density at radius 3 is 2.57 bits per heavy atom. The second-order valence-electron chi connectivity index (χ2n) is 4.37. The Labute approximate surface area is 121 Å². The van der Waals surface area contributed by atoms with E-state index < -0.39 is 25.0 Å². The maximum atomic E-state index is 12.3. The molecular formula is C14H17F2NO4. The molecule has 7 heteroatoms. The van der Waals surface area contributed by atoms with Crippen LogP contribution in [0.4, 0.5) is 8.78 Å². The Hall–Kier alpha value is -2.18. The first-order valence-electron chi connectivity index (χ1n) is 6.46. The fraction of sp³-hybridized carbons (Fsp3) is 0.429. The van der Waals surface area contributed by atoms with Crippen molar-refractivity contribution in [2.24, 2.45) is 0 Å². The Kier molecular flexibility index (Phi) is 6.58. The average Bonchev–Trinajstić information content (AvgIpc) is 2.39. The Bertz CT molecular complexity index is 494. The molecule has 1 aromatic carbocycles. The van der Waals surface area contributed by atoms with Gasteiger partial charge in [0.2, 0.25) is 5.91 Å². The van der Waals surface area contributed by atoms with E-state index in [-0.39, 0.29) is 12.2 Å². The van der Waals surface area contributed by atoms with Gasteiger partial charge in [-0.1, -0.05) is 25.1 Å². The minimum absolute atomic E-state index is 0.0763. The van der Waals surface area contributed by atoms with E-state index in [0.717, 1.165) is 0 Å². The number of alkyl halides is 2. The van der Waals surface area contributed by atoms with E-state index in [2.05, 4.69) is 4.74 Å². The molecule has 1 aromatic rings. The number of halogens is 2. The van der Waals surface area contributed by atoms with Crippen LogP contribution >= 0.6 is 0 Å². The minimum Gasteiger partial charge on any atom is -0.480 e. The van der Waals surface area contributed by atoms with Crippen molar-refractivity contribution < 1.29 is 28.2 Å². The molecule has 0 aliphatic rings. The summed E-state index contributed by atoms with van der Waals surface area (Å²) in [4.78, 5) is 24.0. The van der Waals surface area contributed by atoms with Gasteiger partial charge < -0.3 is 14.7 Å². The highest BCUT2D eigenvalue weighted by atomic mass is 19.3. The van der Waals surface area contributed by atoms with Gasteiger partial charge in [-0.15, -0.1) is 0 Å². The van der Waals surface area contributed by atoms with Crippen LogP contribution in [0.15, 0.2) is 24.3 Å². The second kappa shape index (κ2) is 8.18. The van der Waals surface area contributed by atoms with Gasteiger partial charge in [0.15, 0.2) is 0 Å². The van der Waals surface area contributed by atoms with Gasteiger partial charge in [0.25, 0.3) is 0 Å². The number of aliphatic carboxylic acids is 1. The number of carboxylic acids is 1. The number of hydrogen-bond donors (Lipinski definition) is 1. The van der Waals surface area contributed by atoms with E-state index in [0.29, 0.717) is 18.5 Å². The van der Waals surface area contributed by atoms with Crippen molar-refractivity contribution in [1.29, 1.82) is 0 Å². The van der Waals surface area contributed by atoms with Gasteiger partial charge >= 0.3 is 12.6 Å². The van der Waals surface area contributed by atoms with Crippen molar-refractivity contribution in [2.45, 2.75) is 26.4 Å². The largest absolute Gasteiger partial charge is 0.480 e. The molecule has 0 bridgehead atoms. The molecule has 0 spiro atoms. The van der Waals surface area contributed by atoms with E-state index in [1.807, 2.05) is 6.92 Å². The maximum absolute atomic E-state index is 12.3. The molecule has 0 fully saturated rings. The predicted octanol–water partition coefficient (Wildman–Crippen LogP) is 2.15. The molecule has 0 unspecified atom stereocenters. The molecule has 1 N–H and O–H groups in total. The van der Waals surface area contributed by atoms with Crippen LogP contribution in [0.1, 0.15) is 18.9 Å². The molecule has 0 aliphatic carbocycles. The number of ether oxygens (including phenoxy) is 1. The lowest BCUT2D eigenvalue weighted by molar-refractivity contribution is -0.144. The third kappa shape index (κ3) is 5.76. The fourth-order valence-corrected chi connectivity index (χ4v) is 1.86. The summed E-state index contributed by atoms with van der Waals surface area (Å²) in [5, 5.41) is 8.78. The molecule has 0 radical (unpaired) electrons. The number of nitrogens with zero attached hydrogens (tertiary/aromatic N) is 1. The van der Waals surface area contributed by atoms with Crippen molar-refractivity contribution >= 4 is 11.9 Å². The highest BCUT2D eigenvalue weighted by Crippen LogP contribution is 2.21. The molecule has 1 rings (SSSR count). The fourth-order valence-electron chi connectivity index (χ4n) is 1.86. The average molecular weight is 301 g/mol. The zero-order chi connectivity index (χ0) is 15.8. The number of amides is 1. The van der Waals surface area contributed by atoms with Crippen LogP contribution in [0.3, 0.4) is 0 Å². The third-order valence-electron chi connectivity index (χ3n) is 2.70. The SMILES string of the molecule is CCCN(CC(=O)O)C(=O)Cc1ccccc1OC(F)F. The summed E-state index contributed by atoms with van der Waals surface area (Å²) < 4.78 is 28.9. The first-order chi connectivity index (χ1) is 9.93. The number of rotatable bonds is 8. The lowest BCUT2D eigenvalue weighted by Gasteiger charge is -2.20. The smallest absolute Gasteiger partial charge is 0.387 e. The number of hydrogen-bond acceptors (Lipinski definition) is 3. The molecule has 0 saturated heterocycles. The van der Waals surface area contributed by atoms with Crippen molar-refractivity contribution in [2.75, 3.05) is 13.1 Å². The van der Waals surface area contributed by atoms with Crippen LogP contribution in [0.25, 0.3) is 0 Å². The van der Waals surface area contributed by atoms with Gasteiger partial charge in [0, 0.05) is 12.1 Å². The third-order valence-corrected chi connectivity index (χ3v) is 2.70. The topological polar surface area (TPSA) is 66.8 Å². The molecule has 0 saturated carbocycles.